The molecule has 0 radical (unpaired) electrons. The van der Waals surface area contributed by atoms with Gasteiger partial charge in [0.2, 0.25) is 11.6 Å². The number of nitrogens with zero attached hydrogens (tertiary/aromatic N) is 1. The first-order valence-corrected chi connectivity index (χ1v) is 6.00. The van der Waals surface area contributed by atoms with Gasteiger partial charge in [-0.05, 0) is 13.8 Å². The molecule has 1 aliphatic heterocycles. The molecular weight excluding hydrogens is 228 g/mol. The predicted molar refractivity (Wildman–Crippen MR) is 67.1 cm³/mol. The van der Waals surface area contributed by atoms with E-state index in [1.165, 1.54) is 0 Å². The van der Waals surface area contributed by atoms with E-state index < -0.39 is 0 Å². The fraction of sp³-hybridized carbons (Fsp3) is 0.286. The Kier molecular flexibility index (Phi) is 2.11. The SMILES string of the molecule is C[C@@H]1[C@H](C)N1C1=C(N)C(=O)c2ccccc2C1=O. The molecule has 2 N–H and O–H groups in total. The number of Topliss-reactive ketones (excluding diaryl/α,β-unsaturated/α-hetero) is 2. The lowest BCUT2D eigenvalue weighted by Gasteiger charge is -2.20. The number of ketones is 2. The topological polar surface area (TPSA) is 63.2 Å². The fourth-order valence-corrected chi connectivity index (χ4v) is 2.55. The average molecular weight is 242 g/mol. The van der Waals surface area contributed by atoms with Gasteiger partial charge < -0.3 is 10.6 Å². The van der Waals surface area contributed by atoms with Gasteiger partial charge in [0.05, 0.1) is 0 Å². The van der Waals surface area contributed by atoms with Crippen molar-refractivity contribution in [1.82, 2.24) is 4.90 Å². The normalized spacial score (nSPS) is 26.4. The Labute approximate surface area is 105 Å². The van der Waals surface area contributed by atoms with E-state index in [0.29, 0.717) is 16.8 Å². The summed E-state index contributed by atoms with van der Waals surface area (Å²) in [6.07, 6.45) is 0. The monoisotopic (exact) mass is 242 g/mol. The van der Waals surface area contributed by atoms with Crippen LogP contribution in [0, 0.1) is 0 Å². The molecule has 1 aromatic rings. The number of hydrogen-bond acceptors (Lipinski definition) is 4. The van der Waals surface area contributed by atoms with Crippen molar-refractivity contribution in [3.63, 3.8) is 0 Å². The number of nitrogens with two attached hydrogens (primary N) is 1. The summed E-state index contributed by atoms with van der Waals surface area (Å²) in [6, 6.07) is 7.36. The van der Waals surface area contributed by atoms with Crippen molar-refractivity contribution < 1.29 is 9.59 Å². The maximum atomic E-state index is 12.4. The largest absolute Gasteiger partial charge is 0.394 e. The molecule has 4 nitrogen and oxygen atoms in total. The van der Waals surface area contributed by atoms with Gasteiger partial charge in [-0.2, -0.15) is 0 Å². The summed E-state index contributed by atoms with van der Waals surface area (Å²) in [4.78, 5) is 26.5. The number of carbonyl (C=O) groups is 2. The first-order chi connectivity index (χ1) is 8.54. The van der Waals surface area contributed by atoms with E-state index in [1.807, 2.05) is 18.7 Å². The van der Waals surface area contributed by atoms with Crippen molar-refractivity contribution in [3.05, 3.63) is 46.8 Å². The minimum atomic E-state index is -0.244. The molecule has 3 rings (SSSR count). The van der Waals surface area contributed by atoms with Crippen LogP contribution in [0.15, 0.2) is 35.7 Å². The van der Waals surface area contributed by atoms with Crippen LogP contribution in [0.3, 0.4) is 0 Å². The second-order valence-corrected chi connectivity index (χ2v) is 4.85. The number of allylic oxidation sites excluding steroid dienone is 2. The lowest BCUT2D eigenvalue weighted by Crippen LogP contribution is -2.30. The van der Waals surface area contributed by atoms with E-state index in [2.05, 4.69) is 0 Å². The van der Waals surface area contributed by atoms with Crippen molar-refractivity contribution in [3.8, 4) is 0 Å². The molecule has 2 aliphatic rings. The standard InChI is InChI=1S/C14H14N2O2/c1-7-8(2)16(7)12-11(15)13(17)9-5-3-4-6-10(9)14(12)18/h3-8H,15H2,1-2H3/t7-,8+,16?. The number of benzene rings is 1. The number of fused-ring (bicyclic) bond motifs is 1. The molecule has 1 heterocycles. The molecule has 0 bridgehead atoms. The van der Waals surface area contributed by atoms with Gasteiger partial charge in [0, 0.05) is 23.2 Å². The zero-order valence-corrected chi connectivity index (χ0v) is 10.3. The zero-order chi connectivity index (χ0) is 13.0. The lowest BCUT2D eigenvalue weighted by atomic mass is 9.90. The van der Waals surface area contributed by atoms with Crippen LogP contribution in [-0.2, 0) is 0 Å². The van der Waals surface area contributed by atoms with E-state index in [0.717, 1.165) is 0 Å². The summed E-state index contributed by atoms with van der Waals surface area (Å²) in [6.45, 7) is 4.03. The second kappa shape index (κ2) is 3.45. The Morgan fingerprint density at radius 2 is 1.50 bits per heavy atom. The Morgan fingerprint density at radius 1 is 1.00 bits per heavy atom. The van der Waals surface area contributed by atoms with Gasteiger partial charge in [-0.25, -0.2) is 0 Å². The average Bonchev–Trinajstić information content (AvgIpc) is 2.95. The van der Waals surface area contributed by atoms with Gasteiger partial charge in [0.1, 0.15) is 11.4 Å². The van der Waals surface area contributed by atoms with Gasteiger partial charge in [0.25, 0.3) is 0 Å². The lowest BCUT2D eigenvalue weighted by molar-refractivity contribution is 0.0957. The number of carbonyl (C=O) groups excluding carboxylic acids is 2. The van der Waals surface area contributed by atoms with E-state index in [9.17, 15) is 9.59 Å². The molecule has 1 saturated heterocycles. The van der Waals surface area contributed by atoms with Crippen LogP contribution in [0.5, 0.6) is 0 Å². The molecule has 0 saturated carbocycles. The Hall–Kier alpha value is -2.10. The molecule has 1 fully saturated rings. The number of hydrogen-bond donors (Lipinski definition) is 1. The summed E-state index contributed by atoms with van der Waals surface area (Å²) >= 11 is 0. The van der Waals surface area contributed by atoms with Crippen molar-refractivity contribution in [2.24, 2.45) is 5.73 Å². The van der Waals surface area contributed by atoms with Crippen LogP contribution < -0.4 is 5.73 Å². The first-order valence-electron chi connectivity index (χ1n) is 6.00. The molecule has 18 heavy (non-hydrogen) atoms. The van der Waals surface area contributed by atoms with Crippen molar-refractivity contribution in [2.75, 3.05) is 0 Å². The van der Waals surface area contributed by atoms with E-state index in [1.54, 1.807) is 24.3 Å². The Balaban J connectivity index is 2.15. The maximum Gasteiger partial charge on any atom is 0.212 e. The molecule has 4 heteroatoms. The third-order valence-electron chi connectivity index (χ3n) is 3.88. The van der Waals surface area contributed by atoms with E-state index in [-0.39, 0.29) is 29.3 Å². The van der Waals surface area contributed by atoms with Gasteiger partial charge in [-0.1, -0.05) is 24.3 Å². The van der Waals surface area contributed by atoms with Gasteiger partial charge in [-0.3, -0.25) is 9.59 Å². The molecule has 0 unspecified atom stereocenters. The zero-order valence-electron chi connectivity index (χ0n) is 10.3. The van der Waals surface area contributed by atoms with Gasteiger partial charge >= 0.3 is 0 Å². The summed E-state index contributed by atoms with van der Waals surface area (Å²) in [5, 5.41) is 0. The molecule has 92 valence electrons. The van der Waals surface area contributed by atoms with Gasteiger partial charge in [-0.15, -0.1) is 0 Å². The van der Waals surface area contributed by atoms with Crippen LogP contribution >= 0.6 is 0 Å². The van der Waals surface area contributed by atoms with Crippen molar-refractivity contribution in [2.45, 2.75) is 25.9 Å². The molecule has 1 aliphatic carbocycles. The maximum absolute atomic E-state index is 12.4. The quantitative estimate of drug-likeness (QED) is 0.755. The van der Waals surface area contributed by atoms with Crippen LogP contribution in [0.4, 0.5) is 0 Å². The summed E-state index contributed by atoms with van der Waals surface area (Å²) in [5.74, 6) is -0.384. The number of rotatable bonds is 1. The fourth-order valence-electron chi connectivity index (χ4n) is 2.55. The highest BCUT2D eigenvalue weighted by atomic mass is 16.1. The summed E-state index contributed by atoms with van der Waals surface area (Å²) < 4.78 is 0. The highest BCUT2D eigenvalue weighted by Crippen LogP contribution is 2.37. The molecule has 0 amide bonds. The van der Waals surface area contributed by atoms with Crippen molar-refractivity contribution >= 4 is 11.6 Å². The second-order valence-electron chi connectivity index (χ2n) is 4.85. The van der Waals surface area contributed by atoms with Crippen LogP contribution in [0.1, 0.15) is 34.6 Å². The summed E-state index contributed by atoms with van der Waals surface area (Å²) in [7, 11) is 0. The Bertz CT molecular complexity index is 596. The molecule has 1 aromatic carbocycles. The summed E-state index contributed by atoms with van der Waals surface area (Å²) in [5.41, 5.74) is 7.18. The smallest absolute Gasteiger partial charge is 0.212 e. The first kappa shape index (κ1) is 11.0. The van der Waals surface area contributed by atoms with Gasteiger partial charge in [0.15, 0.2) is 0 Å². The highest BCUT2D eigenvalue weighted by molar-refractivity contribution is 6.26. The minimum absolute atomic E-state index is 0.0786. The third-order valence-corrected chi connectivity index (χ3v) is 3.88. The van der Waals surface area contributed by atoms with Crippen LogP contribution in [-0.4, -0.2) is 28.6 Å². The molecule has 0 aromatic heterocycles. The van der Waals surface area contributed by atoms with Crippen LogP contribution in [0.2, 0.25) is 0 Å². The van der Waals surface area contributed by atoms with Crippen molar-refractivity contribution in [1.29, 1.82) is 0 Å². The molecular formula is C14H14N2O2. The highest BCUT2D eigenvalue weighted by Gasteiger charge is 2.47. The third kappa shape index (κ3) is 1.26. The molecule has 2 atom stereocenters. The van der Waals surface area contributed by atoms with E-state index >= 15 is 0 Å². The predicted octanol–water partition coefficient (Wildman–Crippen LogP) is 1.33. The Morgan fingerprint density at radius 3 is 2.00 bits per heavy atom. The minimum Gasteiger partial charge on any atom is -0.394 e. The molecule has 0 spiro atoms. The van der Waals surface area contributed by atoms with E-state index in [4.69, 9.17) is 5.73 Å². The van der Waals surface area contributed by atoms with Crippen LogP contribution in [0.25, 0.3) is 0 Å².